The zero-order valence-corrected chi connectivity index (χ0v) is 11.8. The Morgan fingerprint density at radius 3 is 2.72 bits per heavy atom. The molecule has 1 aromatic heterocycles. The normalized spacial score (nSPS) is 11.7. The van der Waals surface area contributed by atoms with Crippen molar-refractivity contribution in [3.05, 3.63) is 10.7 Å². The fourth-order valence-corrected chi connectivity index (χ4v) is 1.55. The van der Waals surface area contributed by atoms with Gasteiger partial charge in [0.15, 0.2) is 0 Å². The van der Waals surface area contributed by atoms with Gasteiger partial charge in [-0.1, -0.05) is 0 Å². The van der Waals surface area contributed by atoms with Crippen molar-refractivity contribution in [1.82, 2.24) is 9.78 Å². The van der Waals surface area contributed by atoms with E-state index in [0.717, 1.165) is 4.68 Å². The van der Waals surface area contributed by atoms with E-state index in [9.17, 15) is 13.6 Å². The number of amides is 1. The molecule has 0 spiro atoms. The predicted octanol–water partition coefficient (Wildman–Crippen LogP) is 3.26. The molecular formula is C10H14BrF2N3O2. The van der Waals surface area contributed by atoms with Crippen LogP contribution in [0.15, 0.2) is 10.7 Å². The van der Waals surface area contributed by atoms with Gasteiger partial charge in [-0.3, -0.25) is 5.32 Å². The number of hydrogen-bond acceptors (Lipinski definition) is 3. The minimum absolute atomic E-state index is 0.143. The quantitative estimate of drug-likeness (QED) is 0.928. The highest BCUT2D eigenvalue weighted by atomic mass is 79.9. The van der Waals surface area contributed by atoms with Crippen LogP contribution in [0.2, 0.25) is 0 Å². The van der Waals surface area contributed by atoms with Crippen molar-refractivity contribution in [2.24, 2.45) is 0 Å². The molecule has 0 aliphatic carbocycles. The standard InChI is InChI=1S/C10H14BrF2N3O2/c1-10(2,3)18-9(17)15-8-6(11)4-14-16(8)5-7(12)13/h4,7H,5H2,1-3H3,(H,15,17). The summed E-state index contributed by atoms with van der Waals surface area (Å²) in [5.41, 5.74) is -0.663. The number of hydrogen-bond donors (Lipinski definition) is 1. The maximum absolute atomic E-state index is 12.3. The number of halogens is 3. The number of carbonyl (C=O) groups is 1. The van der Waals surface area contributed by atoms with E-state index in [2.05, 4.69) is 26.3 Å². The summed E-state index contributed by atoms with van der Waals surface area (Å²) in [6.45, 7) is 4.52. The van der Waals surface area contributed by atoms with Crippen LogP contribution >= 0.6 is 15.9 Å². The van der Waals surface area contributed by atoms with Gasteiger partial charge >= 0.3 is 6.09 Å². The van der Waals surface area contributed by atoms with Crippen LogP contribution in [-0.4, -0.2) is 27.9 Å². The second-order valence-corrected chi connectivity index (χ2v) is 5.40. The van der Waals surface area contributed by atoms with Crippen molar-refractivity contribution in [2.45, 2.75) is 39.3 Å². The van der Waals surface area contributed by atoms with Gasteiger partial charge in [-0.05, 0) is 36.7 Å². The van der Waals surface area contributed by atoms with Crippen molar-refractivity contribution in [3.63, 3.8) is 0 Å². The van der Waals surface area contributed by atoms with Crippen molar-refractivity contribution >= 4 is 27.8 Å². The molecule has 1 aromatic rings. The maximum atomic E-state index is 12.3. The van der Waals surface area contributed by atoms with Crippen LogP contribution in [0.3, 0.4) is 0 Å². The summed E-state index contributed by atoms with van der Waals surface area (Å²) < 4.78 is 31.0. The Labute approximate surface area is 112 Å². The molecule has 0 saturated carbocycles. The van der Waals surface area contributed by atoms with E-state index in [1.807, 2.05) is 0 Å². The molecule has 0 radical (unpaired) electrons. The zero-order chi connectivity index (χ0) is 13.9. The van der Waals surface area contributed by atoms with E-state index in [4.69, 9.17) is 4.74 Å². The van der Waals surface area contributed by atoms with Crippen molar-refractivity contribution < 1.29 is 18.3 Å². The van der Waals surface area contributed by atoms with Crippen molar-refractivity contribution in [3.8, 4) is 0 Å². The molecule has 1 N–H and O–H groups in total. The Morgan fingerprint density at radius 2 is 2.22 bits per heavy atom. The number of aromatic nitrogens is 2. The smallest absolute Gasteiger partial charge is 0.413 e. The molecule has 1 rings (SSSR count). The summed E-state index contributed by atoms with van der Waals surface area (Å²) in [6, 6.07) is 0. The Bertz CT molecular complexity index is 429. The summed E-state index contributed by atoms with van der Waals surface area (Å²) in [6.07, 6.45) is -1.95. The highest BCUT2D eigenvalue weighted by Gasteiger charge is 2.20. The third-order valence-electron chi connectivity index (χ3n) is 1.73. The van der Waals surface area contributed by atoms with Gasteiger partial charge in [0.25, 0.3) is 6.43 Å². The SMILES string of the molecule is CC(C)(C)OC(=O)Nc1c(Br)cnn1CC(F)F. The van der Waals surface area contributed by atoms with E-state index < -0.39 is 24.7 Å². The summed E-state index contributed by atoms with van der Waals surface area (Å²) in [4.78, 5) is 11.5. The van der Waals surface area contributed by atoms with Crippen molar-refractivity contribution in [2.75, 3.05) is 5.32 Å². The van der Waals surface area contributed by atoms with Gasteiger partial charge < -0.3 is 4.74 Å². The molecule has 0 fully saturated rings. The molecule has 0 bridgehead atoms. The van der Waals surface area contributed by atoms with E-state index in [-0.39, 0.29) is 5.82 Å². The Kier molecular flexibility index (Phi) is 4.66. The number of anilines is 1. The molecule has 0 saturated heterocycles. The van der Waals surface area contributed by atoms with Crippen LogP contribution in [0, 0.1) is 0 Å². The number of rotatable bonds is 3. The average Bonchev–Trinajstić information content (AvgIpc) is 2.46. The lowest BCUT2D eigenvalue weighted by atomic mass is 10.2. The summed E-state index contributed by atoms with van der Waals surface area (Å²) in [7, 11) is 0. The molecule has 0 aromatic carbocycles. The number of ether oxygens (including phenoxy) is 1. The first-order chi connectivity index (χ1) is 8.19. The van der Waals surface area contributed by atoms with Gasteiger partial charge in [0.1, 0.15) is 18.0 Å². The van der Waals surface area contributed by atoms with Gasteiger partial charge in [-0.2, -0.15) is 5.10 Å². The Morgan fingerprint density at radius 1 is 1.61 bits per heavy atom. The summed E-state index contributed by atoms with van der Waals surface area (Å²) >= 11 is 3.12. The maximum Gasteiger partial charge on any atom is 0.413 e. The minimum atomic E-state index is -2.56. The molecule has 0 aliphatic rings. The molecule has 1 amide bonds. The predicted molar refractivity (Wildman–Crippen MR) is 65.8 cm³/mol. The molecule has 1 heterocycles. The highest BCUT2D eigenvalue weighted by Crippen LogP contribution is 2.23. The summed E-state index contributed by atoms with van der Waals surface area (Å²) in [5.74, 6) is 0.143. The fraction of sp³-hybridized carbons (Fsp3) is 0.600. The highest BCUT2D eigenvalue weighted by molar-refractivity contribution is 9.10. The number of nitrogens with zero attached hydrogens (tertiary/aromatic N) is 2. The van der Waals surface area contributed by atoms with Gasteiger partial charge in [-0.15, -0.1) is 0 Å². The van der Waals surface area contributed by atoms with Gasteiger partial charge in [0, 0.05) is 0 Å². The zero-order valence-electron chi connectivity index (χ0n) is 10.2. The van der Waals surface area contributed by atoms with E-state index in [0.29, 0.717) is 4.47 Å². The number of nitrogens with one attached hydrogen (secondary N) is 1. The first kappa shape index (κ1) is 14.9. The second kappa shape index (κ2) is 5.64. The van der Waals surface area contributed by atoms with E-state index in [1.165, 1.54) is 6.20 Å². The Hall–Kier alpha value is -1.18. The molecule has 0 atom stereocenters. The molecule has 0 aliphatic heterocycles. The third kappa shape index (κ3) is 4.59. The molecule has 18 heavy (non-hydrogen) atoms. The number of carbonyl (C=O) groups excluding carboxylic acids is 1. The van der Waals surface area contributed by atoms with Gasteiger partial charge in [0.05, 0.1) is 10.7 Å². The van der Waals surface area contributed by atoms with Gasteiger partial charge in [0.2, 0.25) is 0 Å². The molecule has 102 valence electrons. The Balaban J connectivity index is 2.77. The first-order valence-corrected chi connectivity index (χ1v) is 5.98. The number of alkyl halides is 2. The third-order valence-corrected chi connectivity index (χ3v) is 2.31. The van der Waals surface area contributed by atoms with E-state index >= 15 is 0 Å². The largest absolute Gasteiger partial charge is 0.444 e. The van der Waals surface area contributed by atoms with Crippen LogP contribution in [0.5, 0.6) is 0 Å². The minimum Gasteiger partial charge on any atom is -0.444 e. The fourth-order valence-electron chi connectivity index (χ4n) is 1.16. The molecule has 5 nitrogen and oxygen atoms in total. The lowest BCUT2D eigenvalue weighted by molar-refractivity contribution is 0.0632. The van der Waals surface area contributed by atoms with Crippen molar-refractivity contribution in [1.29, 1.82) is 0 Å². The first-order valence-electron chi connectivity index (χ1n) is 5.18. The topological polar surface area (TPSA) is 56.1 Å². The monoisotopic (exact) mass is 325 g/mol. The second-order valence-electron chi connectivity index (χ2n) is 4.54. The summed E-state index contributed by atoms with van der Waals surface area (Å²) in [5, 5.41) is 6.10. The van der Waals surface area contributed by atoms with Crippen LogP contribution < -0.4 is 5.32 Å². The lowest BCUT2D eigenvalue weighted by Crippen LogP contribution is -2.28. The molecule has 0 unspecified atom stereocenters. The lowest BCUT2D eigenvalue weighted by Gasteiger charge is -2.20. The van der Waals surface area contributed by atoms with Crippen LogP contribution in [0.25, 0.3) is 0 Å². The van der Waals surface area contributed by atoms with E-state index in [1.54, 1.807) is 20.8 Å². The van der Waals surface area contributed by atoms with Gasteiger partial charge in [-0.25, -0.2) is 18.3 Å². The van der Waals surface area contributed by atoms with Crippen LogP contribution in [0.1, 0.15) is 20.8 Å². The molecule has 8 heteroatoms. The average molecular weight is 326 g/mol. The van der Waals surface area contributed by atoms with Crippen LogP contribution in [-0.2, 0) is 11.3 Å². The van der Waals surface area contributed by atoms with Crippen LogP contribution in [0.4, 0.5) is 19.4 Å². The molecular weight excluding hydrogens is 312 g/mol.